The van der Waals surface area contributed by atoms with Gasteiger partial charge in [0.05, 0.1) is 34.2 Å². The van der Waals surface area contributed by atoms with E-state index in [9.17, 15) is 9.59 Å². The Morgan fingerprint density at radius 1 is 0.844 bits per heavy atom. The maximum atomic E-state index is 12.6. The molecular weight excluding hydrogens is 428 g/mol. The normalized spacial score (nSPS) is 10.4. The van der Waals surface area contributed by atoms with Crippen LogP contribution in [0.3, 0.4) is 0 Å². The fraction of sp³-hybridized carbons (Fsp3) is 0.0455. The molecule has 4 rings (SSSR count). The first kappa shape index (κ1) is 20.9. The van der Waals surface area contributed by atoms with Gasteiger partial charge in [0.2, 0.25) is 5.95 Å². The Kier molecular flexibility index (Phi) is 6.33. The highest BCUT2D eigenvalue weighted by Gasteiger charge is 2.13. The average molecular weight is 446 g/mol. The summed E-state index contributed by atoms with van der Waals surface area (Å²) in [6, 6.07) is 17.6. The van der Waals surface area contributed by atoms with Gasteiger partial charge in [0.1, 0.15) is 0 Å². The van der Waals surface area contributed by atoms with Gasteiger partial charge in [-0.1, -0.05) is 18.2 Å². The third kappa shape index (κ3) is 5.24. The standard InChI is InChI=1S/C22H18N6O3S/c29-20(26-16-6-1-2-7-17(16)28-22(30)31)19-9-8-14(32-19)13-25-21-24-12-10-18(27-21)15-5-3-4-11-23-15/h1-12,28H,13H2,(H,26,29)(H,30,31)(H,24,25,27). The monoisotopic (exact) mass is 446 g/mol. The summed E-state index contributed by atoms with van der Waals surface area (Å²) < 4.78 is 0. The lowest BCUT2D eigenvalue weighted by Crippen LogP contribution is -2.14. The Labute approximate surface area is 187 Å². The van der Waals surface area contributed by atoms with Crippen LogP contribution in [0.4, 0.5) is 22.1 Å². The molecular formula is C22H18N6O3S. The molecule has 0 aliphatic heterocycles. The number of hydrogen-bond acceptors (Lipinski definition) is 7. The summed E-state index contributed by atoms with van der Waals surface area (Å²) >= 11 is 1.32. The van der Waals surface area contributed by atoms with E-state index in [0.29, 0.717) is 34.4 Å². The molecule has 3 heterocycles. The van der Waals surface area contributed by atoms with Gasteiger partial charge in [0, 0.05) is 17.3 Å². The van der Waals surface area contributed by atoms with Crippen LogP contribution < -0.4 is 16.0 Å². The molecule has 160 valence electrons. The molecule has 3 aromatic heterocycles. The molecule has 32 heavy (non-hydrogen) atoms. The van der Waals surface area contributed by atoms with Crippen LogP contribution in [0.5, 0.6) is 0 Å². The summed E-state index contributed by atoms with van der Waals surface area (Å²) in [4.78, 5) is 37.9. The van der Waals surface area contributed by atoms with Gasteiger partial charge >= 0.3 is 6.09 Å². The Bertz CT molecular complexity index is 1250. The first-order valence-corrected chi connectivity index (χ1v) is 10.4. The molecule has 0 atom stereocenters. The highest BCUT2D eigenvalue weighted by atomic mass is 32.1. The molecule has 0 spiro atoms. The number of thiophene rings is 1. The van der Waals surface area contributed by atoms with Crippen LogP contribution in [-0.4, -0.2) is 32.1 Å². The number of carbonyl (C=O) groups is 2. The Morgan fingerprint density at radius 3 is 2.38 bits per heavy atom. The molecule has 1 aromatic carbocycles. The summed E-state index contributed by atoms with van der Waals surface area (Å²) in [7, 11) is 0. The van der Waals surface area contributed by atoms with Crippen LogP contribution in [-0.2, 0) is 6.54 Å². The van der Waals surface area contributed by atoms with Crippen LogP contribution in [0.15, 0.2) is 73.1 Å². The van der Waals surface area contributed by atoms with Crippen molar-refractivity contribution in [3.05, 3.63) is 82.8 Å². The van der Waals surface area contributed by atoms with Crippen molar-refractivity contribution in [2.75, 3.05) is 16.0 Å². The molecule has 10 heteroatoms. The summed E-state index contributed by atoms with van der Waals surface area (Å²) in [6.45, 7) is 0.445. The Hall–Kier alpha value is -4.31. The van der Waals surface area contributed by atoms with Crippen molar-refractivity contribution < 1.29 is 14.7 Å². The van der Waals surface area contributed by atoms with E-state index >= 15 is 0 Å². The zero-order valence-corrected chi connectivity index (χ0v) is 17.5. The number of hydrogen-bond donors (Lipinski definition) is 4. The van der Waals surface area contributed by atoms with Crippen LogP contribution in [0.1, 0.15) is 14.5 Å². The molecule has 2 amide bonds. The van der Waals surface area contributed by atoms with Gasteiger partial charge in [0.15, 0.2) is 0 Å². The number of carbonyl (C=O) groups excluding carboxylic acids is 1. The predicted molar refractivity (Wildman–Crippen MR) is 123 cm³/mol. The van der Waals surface area contributed by atoms with E-state index < -0.39 is 6.09 Å². The average Bonchev–Trinajstić information content (AvgIpc) is 3.29. The van der Waals surface area contributed by atoms with Crippen molar-refractivity contribution in [1.29, 1.82) is 0 Å². The Balaban J connectivity index is 1.40. The smallest absolute Gasteiger partial charge is 0.409 e. The first-order valence-electron chi connectivity index (χ1n) is 9.56. The van der Waals surface area contributed by atoms with E-state index in [1.807, 2.05) is 24.3 Å². The van der Waals surface area contributed by atoms with E-state index in [4.69, 9.17) is 5.11 Å². The highest BCUT2D eigenvalue weighted by Crippen LogP contribution is 2.24. The number of anilines is 3. The van der Waals surface area contributed by atoms with E-state index in [0.717, 1.165) is 10.6 Å². The summed E-state index contributed by atoms with van der Waals surface area (Å²) in [6.07, 6.45) is 2.17. The van der Waals surface area contributed by atoms with Crippen LogP contribution >= 0.6 is 11.3 Å². The van der Waals surface area contributed by atoms with Gasteiger partial charge in [-0.05, 0) is 42.5 Å². The van der Waals surface area contributed by atoms with Gasteiger partial charge in [-0.3, -0.25) is 15.1 Å². The summed E-state index contributed by atoms with van der Waals surface area (Å²) in [5.41, 5.74) is 2.15. The van der Waals surface area contributed by atoms with Gasteiger partial charge in [-0.25, -0.2) is 14.8 Å². The van der Waals surface area contributed by atoms with Crippen molar-refractivity contribution in [3.63, 3.8) is 0 Å². The number of benzene rings is 1. The molecule has 0 saturated carbocycles. The number of amides is 2. The maximum Gasteiger partial charge on any atom is 0.409 e. The van der Waals surface area contributed by atoms with E-state index in [2.05, 4.69) is 30.9 Å². The largest absolute Gasteiger partial charge is 0.465 e. The third-order valence-corrected chi connectivity index (χ3v) is 5.39. The lowest BCUT2D eigenvalue weighted by Gasteiger charge is -2.09. The second-order valence-corrected chi connectivity index (χ2v) is 7.70. The maximum absolute atomic E-state index is 12.6. The second kappa shape index (κ2) is 9.67. The van der Waals surface area contributed by atoms with E-state index in [1.54, 1.807) is 48.8 Å². The lowest BCUT2D eigenvalue weighted by atomic mass is 10.2. The molecule has 0 unspecified atom stereocenters. The van der Waals surface area contributed by atoms with E-state index in [-0.39, 0.29) is 5.91 Å². The zero-order chi connectivity index (χ0) is 22.3. The Morgan fingerprint density at radius 2 is 1.62 bits per heavy atom. The van der Waals surface area contributed by atoms with Gasteiger partial charge in [-0.15, -0.1) is 11.3 Å². The molecule has 0 saturated heterocycles. The van der Waals surface area contributed by atoms with Crippen molar-refractivity contribution in [3.8, 4) is 11.4 Å². The van der Waals surface area contributed by atoms with Gasteiger partial charge in [-0.2, -0.15) is 0 Å². The third-order valence-electron chi connectivity index (χ3n) is 4.31. The van der Waals surface area contributed by atoms with Crippen molar-refractivity contribution in [1.82, 2.24) is 15.0 Å². The highest BCUT2D eigenvalue weighted by molar-refractivity contribution is 7.14. The second-order valence-electron chi connectivity index (χ2n) is 6.53. The quantitative estimate of drug-likeness (QED) is 0.328. The molecule has 0 bridgehead atoms. The molecule has 0 fully saturated rings. The number of pyridine rings is 1. The molecule has 4 N–H and O–H groups in total. The summed E-state index contributed by atoms with van der Waals surface area (Å²) in [5.74, 6) is 0.135. The molecule has 0 aliphatic carbocycles. The number of aromatic nitrogens is 3. The minimum absolute atomic E-state index is 0.303. The minimum Gasteiger partial charge on any atom is -0.465 e. The van der Waals surface area contributed by atoms with Gasteiger partial charge < -0.3 is 15.7 Å². The van der Waals surface area contributed by atoms with Gasteiger partial charge in [0.25, 0.3) is 5.91 Å². The fourth-order valence-electron chi connectivity index (χ4n) is 2.86. The van der Waals surface area contributed by atoms with E-state index in [1.165, 1.54) is 11.3 Å². The van der Waals surface area contributed by atoms with Crippen molar-refractivity contribution in [2.45, 2.75) is 6.54 Å². The number of rotatable bonds is 7. The molecule has 0 radical (unpaired) electrons. The molecule has 0 aliphatic rings. The summed E-state index contributed by atoms with van der Waals surface area (Å²) in [5, 5.41) is 17.1. The number of para-hydroxylation sites is 2. The molecule has 4 aromatic rings. The SMILES string of the molecule is O=C(O)Nc1ccccc1NC(=O)c1ccc(CNc2nccc(-c3ccccn3)n2)s1. The predicted octanol–water partition coefficient (Wildman–Crippen LogP) is 4.55. The van der Waals surface area contributed by atoms with Crippen molar-refractivity contribution >= 4 is 40.7 Å². The topological polar surface area (TPSA) is 129 Å². The van der Waals surface area contributed by atoms with Crippen LogP contribution in [0.25, 0.3) is 11.4 Å². The lowest BCUT2D eigenvalue weighted by molar-refractivity contribution is 0.103. The zero-order valence-electron chi connectivity index (χ0n) is 16.6. The van der Waals surface area contributed by atoms with Crippen molar-refractivity contribution in [2.24, 2.45) is 0 Å². The number of carboxylic acid groups (broad SMARTS) is 1. The minimum atomic E-state index is -1.20. The van der Waals surface area contributed by atoms with Crippen LogP contribution in [0, 0.1) is 0 Å². The number of nitrogens with zero attached hydrogens (tertiary/aromatic N) is 3. The van der Waals surface area contributed by atoms with Crippen LogP contribution in [0.2, 0.25) is 0 Å². The first-order chi connectivity index (χ1) is 15.6. The molecule has 9 nitrogen and oxygen atoms in total. The number of nitrogens with one attached hydrogen (secondary N) is 3. The fourth-order valence-corrected chi connectivity index (χ4v) is 3.70.